The Hall–Kier alpha value is -2.54. The van der Waals surface area contributed by atoms with Crippen molar-refractivity contribution < 1.29 is 5.11 Å². The molecule has 116 valence electrons. The Labute approximate surface area is 138 Å². The molecule has 0 amide bonds. The molecule has 0 aliphatic carbocycles. The maximum Gasteiger partial charge on any atom is 0.118 e. The van der Waals surface area contributed by atoms with Crippen LogP contribution in [0.5, 0.6) is 5.75 Å². The van der Waals surface area contributed by atoms with Crippen molar-refractivity contribution in [2.45, 2.75) is 26.7 Å². The van der Waals surface area contributed by atoms with Crippen LogP contribution in [0.25, 0.3) is 0 Å². The van der Waals surface area contributed by atoms with Gasteiger partial charge in [-0.3, -0.25) is 0 Å². The van der Waals surface area contributed by atoms with Gasteiger partial charge < -0.3 is 5.11 Å². The van der Waals surface area contributed by atoms with E-state index in [1.165, 1.54) is 22.3 Å². The molecule has 3 rings (SSSR count). The van der Waals surface area contributed by atoms with Gasteiger partial charge >= 0.3 is 0 Å². The van der Waals surface area contributed by atoms with Crippen LogP contribution in [0.1, 0.15) is 39.3 Å². The summed E-state index contributed by atoms with van der Waals surface area (Å²) in [5.74, 6) is 0.483. The molecule has 0 heterocycles. The van der Waals surface area contributed by atoms with Crippen LogP contribution in [-0.4, -0.2) is 5.11 Å². The third-order valence-corrected chi connectivity index (χ3v) is 4.75. The van der Waals surface area contributed by atoms with Crippen LogP contribution < -0.4 is 0 Å². The first kappa shape index (κ1) is 15.4. The Balaban J connectivity index is 2.27. The number of benzene rings is 3. The van der Waals surface area contributed by atoms with Gasteiger partial charge in [-0.15, -0.1) is 0 Å². The SMILES string of the molecule is Cc1cccc(C(c2ccccc2)c2cccc(O)c2C)c1C. The highest BCUT2D eigenvalue weighted by Crippen LogP contribution is 2.38. The molecule has 0 bridgehead atoms. The van der Waals surface area contributed by atoms with Crippen molar-refractivity contribution in [2.75, 3.05) is 0 Å². The Morgan fingerprint density at radius 2 is 1.26 bits per heavy atom. The standard InChI is InChI=1S/C22H22O/c1-15-9-7-12-19(16(15)2)22(18-10-5-4-6-11-18)20-13-8-14-21(23)17(20)3/h4-14,22-23H,1-3H3. The van der Waals surface area contributed by atoms with Crippen LogP contribution in [0.4, 0.5) is 0 Å². The fourth-order valence-corrected chi connectivity index (χ4v) is 3.21. The van der Waals surface area contributed by atoms with Crippen molar-refractivity contribution in [2.24, 2.45) is 0 Å². The summed E-state index contributed by atoms with van der Waals surface area (Å²) in [6, 6.07) is 22.8. The lowest BCUT2D eigenvalue weighted by molar-refractivity contribution is 0.470. The van der Waals surface area contributed by atoms with Crippen molar-refractivity contribution in [3.8, 4) is 5.75 Å². The minimum atomic E-state index is 0.128. The number of hydrogen-bond donors (Lipinski definition) is 1. The van der Waals surface area contributed by atoms with Crippen LogP contribution in [-0.2, 0) is 0 Å². The van der Waals surface area contributed by atoms with Crippen LogP contribution >= 0.6 is 0 Å². The zero-order valence-electron chi connectivity index (χ0n) is 13.9. The van der Waals surface area contributed by atoms with E-state index < -0.39 is 0 Å². The number of rotatable bonds is 3. The zero-order chi connectivity index (χ0) is 16.4. The van der Waals surface area contributed by atoms with E-state index in [4.69, 9.17) is 0 Å². The van der Waals surface area contributed by atoms with Gasteiger partial charge in [-0.2, -0.15) is 0 Å². The van der Waals surface area contributed by atoms with Crippen molar-refractivity contribution in [1.29, 1.82) is 0 Å². The maximum absolute atomic E-state index is 10.2. The second kappa shape index (κ2) is 6.29. The Kier molecular flexibility index (Phi) is 4.20. The van der Waals surface area contributed by atoms with E-state index in [-0.39, 0.29) is 5.92 Å². The summed E-state index contributed by atoms with van der Waals surface area (Å²) in [6.45, 7) is 6.32. The predicted molar refractivity (Wildman–Crippen MR) is 96.1 cm³/mol. The summed E-state index contributed by atoms with van der Waals surface area (Å²) in [5.41, 5.74) is 7.25. The van der Waals surface area contributed by atoms with E-state index in [1.807, 2.05) is 19.1 Å². The third kappa shape index (κ3) is 2.87. The molecule has 0 aliphatic heterocycles. The molecule has 0 aliphatic rings. The Morgan fingerprint density at radius 3 is 1.96 bits per heavy atom. The van der Waals surface area contributed by atoms with E-state index in [0.29, 0.717) is 5.75 Å². The minimum absolute atomic E-state index is 0.128. The monoisotopic (exact) mass is 302 g/mol. The average molecular weight is 302 g/mol. The number of phenols is 1. The Bertz CT molecular complexity index is 767. The molecule has 0 saturated carbocycles. The van der Waals surface area contributed by atoms with Crippen LogP contribution in [0.2, 0.25) is 0 Å². The molecule has 0 saturated heterocycles. The molecule has 0 spiro atoms. The van der Waals surface area contributed by atoms with Gasteiger partial charge in [-0.1, -0.05) is 60.7 Å². The van der Waals surface area contributed by atoms with E-state index in [1.54, 1.807) is 6.07 Å². The van der Waals surface area contributed by atoms with Crippen LogP contribution in [0.3, 0.4) is 0 Å². The Morgan fingerprint density at radius 1 is 0.652 bits per heavy atom. The maximum atomic E-state index is 10.2. The minimum Gasteiger partial charge on any atom is -0.508 e. The second-order valence-electron chi connectivity index (χ2n) is 6.12. The lowest BCUT2D eigenvalue weighted by Gasteiger charge is -2.23. The molecule has 1 heteroatoms. The molecule has 0 radical (unpaired) electrons. The van der Waals surface area contributed by atoms with Gasteiger partial charge in [0, 0.05) is 5.92 Å². The molecule has 1 nitrogen and oxygen atoms in total. The van der Waals surface area contributed by atoms with Crippen LogP contribution in [0.15, 0.2) is 66.7 Å². The van der Waals surface area contributed by atoms with Crippen molar-refractivity contribution >= 4 is 0 Å². The average Bonchev–Trinajstić information content (AvgIpc) is 2.56. The molecule has 0 aromatic heterocycles. The fraction of sp³-hybridized carbons (Fsp3) is 0.182. The third-order valence-electron chi connectivity index (χ3n) is 4.75. The quantitative estimate of drug-likeness (QED) is 0.634. The lowest BCUT2D eigenvalue weighted by atomic mass is 9.80. The van der Waals surface area contributed by atoms with Gasteiger partial charge in [0.05, 0.1) is 0 Å². The predicted octanol–water partition coefficient (Wildman–Crippen LogP) is 5.50. The largest absolute Gasteiger partial charge is 0.508 e. The van der Waals surface area contributed by atoms with Gasteiger partial charge in [-0.25, -0.2) is 0 Å². The van der Waals surface area contributed by atoms with Gasteiger partial charge in [-0.05, 0) is 60.2 Å². The number of aryl methyl sites for hydroxylation is 1. The molecular formula is C22H22O. The van der Waals surface area contributed by atoms with Crippen molar-refractivity contribution in [3.63, 3.8) is 0 Å². The lowest BCUT2D eigenvalue weighted by Crippen LogP contribution is -2.08. The van der Waals surface area contributed by atoms with Gasteiger partial charge in [0.15, 0.2) is 0 Å². The molecule has 3 aromatic carbocycles. The highest BCUT2D eigenvalue weighted by Gasteiger charge is 2.21. The second-order valence-corrected chi connectivity index (χ2v) is 6.12. The van der Waals surface area contributed by atoms with Crippen LogP contribution in [0, 0.1) is 20.8 Å². The van der Waals surface area contributed by atoms with E-state index in [9.17, 15) is 5.11 Å². The summed E-state index contributed by atoms with van der Waals surface area (Å²) in [6.07, 6.45) is 0. The van der Waals surface area contributed by atoms with E-state index >= 15 is 0 Å². The topological polar surface area (TPSA) is 20.2 Å². The first-order valence-corrected chi connectivity index (χ1v) is 7.99. The normalized spacial score (nSPS) is 12.1. The summed E-state index contributed by atoms with van der Waals surface area (Å²) >= 11 is 0. The number of hydrogen-bond acceptors (Lipinski definition) is 1. The molecule has 3 aromatic rings. The molecular weight excluding hydrogens is 280 g/mol. The molecule has 1 atom stereocenters. The highest BCUT2D eigenvalue weighted by molar-refractivity contribution is 5.52. The molecule has 1 unspecified atom stereocenters. The zero-order valence-corrected chi connectivity index (χ0v) is 13.9. The summed E-state index contributed by atoms with van der Waals surface area (Å²) < 4.78 is 0. The van der Waals surface area contributed by atoms with E-state index in [2.05, 4.69) is 62.4 Å². The smallest absolute Gasteiger partial charge is 0.118 e. The summed E-state index contributed by atoms with van der Waals surface area (Å²) in [4.78, 5) is 0. The van der Waals surface area contributed by atoms with Crippen molar-refractivity contribution in [1.82, 2.24) is 0 Å². The summed E-state index contributed by atoms with van der Waals surface area (Å²) in [5, 5.41) is 10.2. The first-order chi connectivity index (χ1) is 11.1. The highest BCUT2D eigenvalue weighted by atomic mass is 16.3. The summed E-state index contributed by atoms with van der Waals surface area (Å²) in [7, 11) is 0. The first-order valence-electron chi connectivity index (χ1n) is 7.99. The fourth-order valence-electron chi connectivity index (χ4n) is 3.21. The van der Waals surface area contributed by atoms with Crippen molar-refractivity contribution in [3.05, 3.63) is 100 Å². The van der Waals surface area contributed by atoms with Gasteiger partial charge in [0.25, 0.3) is 0 Å². The van der Waals surface area contributed by atoms with E-state index in [0.717, 1.165) is 11.1 Å². The van der Waals surface area contributed by atoms with Gasteiger partial charge in [0.1, 0.15) is 5.75 Å². The van der Waals surface area contributed by atoms with Gasteiger partial charge in [0.2, 0.25) is 0 Å². The number of aromatic hydroxyl groups is 1. The molecule has 0 fully saturated rings. The molecule has 23 heavy (non-hydrogen) atoms. The molecule has 1 N–H and O–H groups in total. The number of phenolic OH excluding ortho intramolecular Hbond substituents is 1.